The average molecular weight is 400 g/mol. The molecule has 3 aromatic carbocycles. The lowest BCUT2D eigenvalue weighted by atomic mass is 9.75. The molecule has 4 unspecified atom stereocenters. The van der Waals surface area contributed by atoms with E-state index in [9.17, 15) is 0 Å². The molecule has 0 amide bonds. The molecule has 146 valence electrons. The van der Waals surface area contributed by atoms with Crippen molar-refractivity contribution in [3.05, 3.63) is 106 Å². The standard InChI is InChI=1S/C27H26ClN/c1-25-16-19-17-27(19,15-18-9-3-8-14-24(18)28)23-13-7-6-12-22(23)26(2,29-25)21-11-5-4-10-20(21)25/h3-14,19,29H,15-17H2,1-2H3. The summed E-state index contributed by atoms with van der Waals surface area (Å²) in [5.74, 6) is 0.660. The minimum absolute atomic E-state index is 0.00573. The lowest BCUT2D eigenvalue weighted by molar-refractivity contribution is 0.264. The maximum Gasteiger partial charge on any atom is 0.0674 e. The Bertz CT molecular complexity index is 1140. The third-order valence-electron chi connectivity index (χ3n) is 7.94. The minimum Gasteiger partial charge on any atom is -0.294 e. The number of nitrogens with one attached hydrogen (secondary N) is 1. The highest BCUT2D eigenvalue weighted by Gasteiger charge is 2.62. The molecule has 3 aromatic rings. The maximum absolute atomic E-state index is 6.61. The van der Waals surface area contributed by atoms with Gasteiger partial charge in [-0.25, -0.2) is 0 Å². The van der Waals surface area contributed by atoms with Crippen LogP contribution in [0.25, 0.3) is 0 Å². The smallest absolute Gasteiger partial charge is 0.0674 e. The summed E-state index contributed by atoms with van der Waals surface area (Å²) in [5.41, 5.74) is 7.16. The molecule has 2 heteroatoms. The van der Waals surface area contributed by atoms with Gasteiger partial charge in [0.15, 0.2) is 0 Å². The molecule has 2 heterocycles. The van der Waals surface area contributed by atoms with E-state index in [-0.39, 0.29) is 16.5 Å². The van der Waals surface area contributed by atoms with Gasteiger partial charge >= 0.3 is 0 Å². The number of rotatable bonds is 2. The van der Waals surface area contributed by atoms with Crippen molar-refractivity contribution in [1.29, 1.82) is 0 Å². The van der Waals surface area contributed by atoms with Gasteiger partial charge in [0, 0.05) is 16.0 Å². The normalized spacial score (nSPS) is 33.8. The summed E-state index contributed by atoms with van der Waals surface area (Å²) in [4.78, 5) is 0. The highest BCUT2D eigenvalue weighted by Crippen LogP contribution is 2.65. The van der Waals surface area contributed by atoms with E-state index in [1.54, 1.807) is 0 Å². The number of halogens is 1. The molecule has 1 N–H and O–H groups in total. The third kappa shape index (κ3) is 2.32. The van der Waals surface area contributed by atoms with E-state index >= 15 is 0 Å². The van der Waals surface area contributed by atoms with Crippen molar-refractivity contribution in [2.75, 3.05) is 0 Å². The van der Waals surface area contributed by atoms with E-state index in [1.165, 1.54) is 40.7 Å². The second-order valence-electron chi connectivity index (χ2n) is 9.70. The fourth-order valence-corrected chi connectivity index (χ4v) is 6.78. The van der Waals surface area contributed by atoms with Crippen LogP contribution in [0, 0.1) is 5.92 Å². The zero-order chi connectivity index (χ0) is 19.9. The predicted molar refractivity (Wildman–Crippen MR) is 119 cm³/mol. The largest absolute Gasteiger partial charge is 0.294 e. The first-order valence-corrected chi connectivity index (χ1v) is 11.1. The van der Waals surface area contributed by atoms with Crippen LogP contribution in [0.3, 0.4) is 0 Å². The van der Waals surface area contributed by atoms with Gasteiger partial charge < -0.3 is 0 Å². The van der Waals surface area contributed by atoms with Gasteiger partial charge in [-0.05, 0) is 72.9 Å². The van der Waals surface area contributed by atoms with Crippen LogP contribution in [0.15, 0.2) is 72.8 Å². The van der Waals surface area contributed by atoms with Crippen LogP contribution in [0.4, 0.5) is 0 Å². The summed E-state index contributed by atoms with van der Waals surface area (Å²) in [6, 6.07) is 26.6. The lowest BCUT2D eigenvalue weighted by Crippen LogP contribution is -2.47. The Morgan fingerprint density at radius 2 is 1.38 bits per heavy atom. The van der Waals surface area contributed by atoms with Crippen molar-refractivity contribution in [3.63, 3.8) is 0 Å². The summed E-state index contributed by atoms with van der Waals surface area (Å²) in [6.45, 7) is 4.78. The van der Waals surface area contributed by atoms with Crippen molar-refractivity contribution in [2.24, 2.45) is 5.92 Å². The topological polar surface area (TPSA) is 12.0 Å². The molecular weight excluding hydrogens is 374 g/mol. The summed E-state index contributed by atoms with van der Waals surface area (Å²) >= 11 is 6.61. The van der Waals surface area contributed by atoms with E-state index in [0.717, 1.165) is 11.4 Å². The fourth-order valence-electron chi connectivity index (χ4n) is 6.58. The van der Waals surface area contributed by atoms with E-state index in [1.807, 2.05) is 12.1 Å². The Labute approximate surface area is 178 Å². The molecule has 2 aliphatic heterocycles. The molecule has 0 saturated heterocycles. The highest BCUT2D eigenvalue weighted by molar-refractivity contribution is 6.31. The monoisotopic (exact) mass is 399 g/mol. The van der Waals surface area contributed by atoms with Crippen LogP contribution in [-0.4, -0.2) is 0 Å². The van der Waals surface area contributed by atoms with Crippen molar-refractivity contribution < 1.29 is 0 Å². The third-order valence-corrected chi connectivity index (χ3v) is 8.31. The predicted octanol–water partition coefficient (Wildman–Crippen LogP) is 6.33. The molecule has 1 nitrogen and oxygen atoms in total. The molecule has 1 aliphatic carbocycles. The van der Waals surface area contributed by atoms with Crippen molar-refractivity contribution >= 4 is 11.6 Å². The summed E-state index contributed by atoms with van der Waals surface area (Å²) in [5, 5.41) is 4.99. The first-order chi connectivity index (χ1) is 14.0. The molecule has 0 radical (unpaired) electrons. The Morgan fingerprint density at radius 1 is 0.793 bits per heavy atom. The van der Waals surface area contributed by atoms with Crippen LogP contribution in [0.1, 0.15) is 54.5 Å². The zero-order valence-electron chi connectivity index (χ0n) is 17.0. The van der Waals surface area contributed by atoms with E-state index in [2.05, 4.69) is 79.8 Å². The van der Waals surface area contributed by atoms with Gasteiger partial charge in [-0.1, -0.05) is 78.3 Å². The Hall–Kier alpha value is -2.09. The average Bonchev–Trinajstić information content (AvgIpc) is 3.34. The summed E-state index contributed by atoms with van der Waals surface area (Å²) in [6.07, 6.45) is 3.43. The summed E-state index contributed by atoms with van der Waals surface area (Å²) in [7, 11) is 0. The minimum atomic E-state index is -0.164. The molecule has 1 saturated carbocycles. The second kappa shape index (κ2) is 5.74. The number of fused-ring (bicyclic) bond motifs is 9. The Balaban J connectivity index is 1.58. The van der Waals surface area contributed by atoms with E-state index in [4.69, 9.17) is 11.6 Å². The molecule has 2 bridgehead atoms. The fraction of sp³-hybridized carbons (Fsp3) is 0.333. The quantitative estimate of drug-likeness (QED) is 0.531. The van der Waals surface area contributed by atoms with Gasteiger partial charge in [0.1, 0.15) is 0 Å². The van der Waals surface area contributed by atoms with Gasteiger partial charge in [0.25, 0.3) is 0 Å². The maximum atomic E-state index is 6.61. The molecule has 6 rings (SSSR count). The molecule has 0 spiro atoms. The van der Waals surface area contributed by atoms with Crippen molar-refractivity contribution in [2.45, 2.75) is 49.6 Å². The SMILES string of the molecule is CC12CC3CC3(Cc3ccccc3Cl)c3ccccc3C(C)(N1)c1ccccc12. The number of hydrogen-bond donors (Lipinski definition) is 1. The van der Waals surface area contributed by atoms with Crippen LogP contribution in [0.2, 0.25) is 5.02 Å². The van der Waals surface area contributed by atoms with Crippen LogP contribution >= 0.6 is 11.6 Å². The van der Waals surface area contributed by atoms with E-state index in [0.29, 0.717) is 5.92 Å². The number of benzene rings is 3. The van der Waals surface area contributed by atoms with Crippen LogP contribution in [-0.2, 0) is 22.9 Å². The zero-order valence-corrected chi connectivity index (χ0v) is 17.8. The summed E-state index contributed by atoms with van der Waals surface area (Å²) < 4.78 is 0. The van der Waals surface area contributed by atoms with E-state index < -0.39 is 0 Å². The second-order valence-corrected chi connectivity index (χ2v) is 10.1. The van der Waals surface area contributed by atoms with Crippen LogP contribution < -0.4 is 5.32 Å². The molecule has 29 heavy (non-hydrogen) atoms. The number of hydrogen-bond acceptors (Lipinski definition) is 1. The highest BCUT2D eigenvalue weighted by atomic mass is 35.5. The Morgan fingerprint density at radius 3 is 2.10 bits per heavy atom. The molecular formula is C27H26ClN. The molecule has 0 aromatic heterocycles. The first kappa shape index (κ1) is 17.7. The van der Waals surface area contributed by atoms with Crippen LogP contribution in [0.5, 0.6) is 0 Å². The van der Waals surface area contributed by atoms with Crippen molar-refractivity contribution in [1.82, 2.24) is 5.32 Å². The van der Waals surface area contributed by atoms with Gasteiger partial charge in [0.2, 0.25) is 0 Å². The van der Waals surface area contributed by atoms with Gasteiger partial charge in [-0.3, -0.25) is 5.32 Å². The first-order valence-electron chi connectivity index (χ1n) is 10.7. The lowest BCUT2D eigenvalue weighted by Gasteiger charge is -2.39. The van der Waals surface area contributed by atoms with Crippen molar-refractivity contribution in [3.8, 4) is 0 Å². The molecule has 4 atom stereocenters. The van der Waals surface area contributed by atoms with Gasteiger partial charge in [-0.15, -0.1) is 0 Å². The van der Waals surface area contributed by atoms with Gasteiger partial charge in [-0.2, -0.15) is 0 Å². The molecule has 3 aliphatic rings. The van der Waals surface area contributed by atoms with Gasteiger partial charge in [0.05, 0.1) is 5.54 Å². The Kier molecular flexibility index (Phi) is 3.51. The molecule has 1 fully saturated rings.